The highest BCUT2D eigenvalue weighted by atomic mass is 32.1. The third-order valence-corrected chi connectivity index (χ3v) is 4.44. The summed E-state index contributed by atoms with van der Waals surface area (Å²) in [5, 5.41) is 14.0. The van der Waals surface area contributed by atoms with Gasteiger partial charge in [0.2, 0.25) is 5.13 Å². The van der Waals surface area contributed by atoms with E-state index in [0.29, 0.717) is 5.92 Å². The largest absolute Gasteiger partial charge is 0.379 e. The third kappa shape index (κ3) is 3.40. The highest BCUT2D eigenvalue weighted by molar-refractivity contribution is 7.15. The topological polar surface area (TPSA) is 50.3 Å². The molecule has 1 aromatic heterocycles. The average molecular weight is 268 g/mol. The summed E-state index contributed by atoms with van der Waals surface area (Å²) in [5.41, 5.74) is 0. The first-order chi connectivity index (χ1) is 8.92. The van der Waals surface area contributed by atoms with Crippen LogP contribution in [0.5, 0.6) is 0 Å². The van der Waals surface area contributed by atoms with Crippen LogP contribution in [0.2, 0.25) is 0 Å². The van der Waals surface area contributed by atoms with Gasteiger partial charge in [0.15, 0.2) is 0 Å². The maximum absolute atomic E-state index is 5.33. The summed E-state index contributed by atoms with van der Waals surface area (Å²) < 4.78 is 5.33. The summed E-state index contributed by atoms with van der Waals surface area (Å²) >= 11 is 1.72. The van der Waals surface area contributed by atoms with Gasteiger partial charge < -0.3 is 10.1 Å². The van der Waals surface area contributed by atoms with Gasteiger partial charge in [-0.3, -0.25) is 4.90 Å². The van der Waals surface area contributed by atoms with E-state index in [1.807, 2.05) is 0 Å². The summed E-state index contributed by atoms with van der Waals surface area (Å²) in [6.07, 6.45) is 3.75. The molecule has 1 N–H and O–H groups in total. The first-order valence-electron chi connectivity index (χ1n) is 6.79. The third-order valence-electron chi connectivity index (χ3n) is 3.40. The van der Waals surface area contributed by atoms with Crippen molar-refractivity contribution in [3.8, 4) is 0 Å². The molecule has 1 saturated heterocycles. The highest BCUT2D eigenvalue weighted by Gasteiger charge is 2.27. The Labute approximate surface area is 112 Å². The molecule has 3 rings (SSSR count). The van der Waals surface area contributed by atoms with Crippen molar-refractivity contribution in [2.45, 2.75) is 25.2 Å². The zero-order chi connectivity index (χ0) is 12.2. The Hall–Kier alpha value is -0.720. The maximum atomic E-state index is 5.33. The van der Waals surface area contributed by atoms with Gasteiger partial charge >= 0.3 is 0 Å². The Bertz CT molecular complexity index is 374. The van der Waals surface area contributed by atoms with Crippen LogP contribution in [-0.4, -0.2) is 54.5 Å². The molecule has 0 aromatic carbocycles. The van der Waals surface area contributed by atoms with Gasteiger partial charge in [0, 0.05) is 25.6 Å². The molecule has 6 heteroatoms. The van der Waals surface area contributed by atoms with E-state index in [0.717, 1.165) is 50.9 Å². The Kier molecular flexibility index (Phi) is 4.07. The van der Waals surface area contributed by atoms with E-state index in [1.165, 1.54) is 17.8 Å². The summed E-state index contributed by atoms with van der Waals surface area (Å²) in [4.78, 5) is 2.46. The molecule has 1 aromatic rings. The van der Waals surface area contributed by atoms with Crippen molar-refractivity contribution >= 4 is 16.5 Å². The van der Waals surface area contributed by atoms with E-state index in [4.69, 9.17) is 4.74 Å². The molecule has 2 fully saturated rings. The van der Waals surface area contributed by atoms with Gasteiger partial charge in [0.05, 0.1) is 13.2 Å². The Morgan fingerprint density at radius 2 is 2.11 bits per heavy atom. The van der Waals surface area contributed by atoms with Crippen molar-refractivity contribution in [3.05, 3.63) is 5.01 Å². The number of aromatic nitrogens is 2. The minimum atomic E-state index is 0.714. The van der Waals surface area contributed by atoms with Crippen LogP contribution in [-0.2, 0) is 4.74 Å². The van der Waals surface area contributed by atoms with E-state index in [9.17, 15) is 0 Å². The Balaban J connectivity index is 1.33. The highest BCUT2D eigenvalue weighted by Crippen LogP contribution is 2.41. The van der Waals surface area contributed by atoms with Gasteiger partial charge in [-0.15, -0.1) is 10.2 Å². The van der Waals surface area contributed by atoms with Gasteiger partial charge in [-0.1, -0.05) is 11.3 Å². The predicted molar refractivity (Wildman–Crippen MR) is 72.2 cm³/mol. The summed E-state index contributed by atoms with van der Waals surface area (Å²) in [6, 6.07) is 0. The van der Waals surface area contributed by atoms with Crippen molar-refractivity contribution in [1.82, 2.24) is 15.1 Å². The lowest BCUT2D eigenvalue weighted by Crippen LogP contribution is -2.37. The van der Waals surface area contributed by atoms with Crippen molar-refractivity contribution in [2.75, 3.05) is 44.7 Å². The molecule has 0 bridgehead atoms. The zero-order valence-corrected chi connectivity index (χ0v) is 11.4. The van der Waals surface area contributed by atoms with Crippen molar-refractivity contribution in [2.24, 2.45) is 0 Å². The van der Waals surface area contributed by atoms with E-state index >= 15 is 0 Å². The molecule has 0 amide bonds. The SMILES string of the molecule is C(CNc1nnc(C2CC2)s1)CN1CCOCC1. The molecule has 5 nitrogen and oxygen atoms in total. The number of ether oxygens (including phenoxy) is 1. The Morgan fingerprint density at radius 3 is 2.89 bits per heavy atom. The molecular formula is C12H20N4OS. The smallest absolute Gasteiger partial charge is 0.205 e. The predicted octanol–water partition coefficient (Wildman–Crippen LogP) is 1.55. The number of anilines is 1. The first kappa shape index (κ1) is 12.3. The lowest BCUT2D eigenvalue weighted by Gasteiger charge is -2.26. The van der Waals surface area contributed by atoms with E-state index in [1.54, 1.807) is 11.3 Å². The fourth-order valence-electron chi connectivity index (χ4n) is 2.12. The normalized spacial score (nSPS) is 21.1. The molecule has 18 heavy (non-hydrogen) atoms. The van der Waals surface area contributed by atoms with Crippen molar-refractivity contribution < 1.29 is 4.74 Å². The second-order valence-corrected chi connectivity index (χ2v) is 5.96. The fraction of sp³-hybridized carbons (Fsp3) is 0.833. The van der Waals surface area contributed by atoms with Gasteiger partial charge in [-0.25, -0.2) is 0 Å². The Morgan fingerprint density at radius 1 is 1.28 bits per heavy atom. The second kappa shape index (κ2) is 5.95. The van der Waals surface area contributed by atoms with E-state index in [-0.39, 0.29) is 0 Å². The number of nitrogens with zero attached hydrogens (tertiary/aromatic N) is 3. The minimum absolute atomic E-state index is 0.714. The molecule has 0 radical (unpaired) electrons. The number of hydrogen-bond acceptors (Lipinski definition) is 6. The van der Waals surface area contributed by atoms with Crippen LogP contribution in [0.1, 0.15) is 30.2 Å². The van der Waals surface area contributed by atoms with Gasteiger partial charge in [-0.05, 0) is 25.8 Å². The summed E-state index contributed by atoms with van der Waals surface area (Å²) in [5.74, 6) is 0.714. The lowest BCUT2D eigenvalue weighted by molar-refractivity contribution is 0.0378. The average Bonchev–Trinajstić information content (AvgIpc) is 3.16. The first-order valence-corrected chi connectivity index (χ1v) is 7.61. The van der Waals surface area contributed by atoms with Crippen LogP contribution in [0.15, 0.2) is 0 Å². The molecule has 2 heterocycles. The second-order valence-electron chi connectivity index (χ2n) is 4.95. The molecule has 1 saturated carbocycles. The van der Waals surface area contributed by atoms with Crippen molar-refractivity contribution in [1.29, 1.82) is 0 Å². The quantitative estimate of drug-likeness (QED) is 0.793. The van der Waals surface area contributed by atoms with Crippen LogP contribution in [0.25, 0.3) is 0 Å². The van der Waals surface area contributed by atoms with Crippen LogP contribution in [0, 0.1) is 0 Å². The number of hydrogen-bond donors (Lipinski definition) is 1. The monoisotopic (exact) mass is 268 g/mol. The molecule has 2 aliphatic rings. The zero-order valence-electron chi connectivity index (χ0n) is 10.6. The maximum Gasteiger partial charge on any atom is 0.205 e. The van der Waals surface area contributed by atoms with Crippen LogP contribution < -0.4 is 5.32 Å². The lowest BCUT2D eigenvalue weighted by atomic mass is 10.3. The van der Waals surface area contributed by atoms with E-state index < -0.39 is 0 Å². The molecule has 1 aliphatic heterocycles. The van der Waals surface area contributed by atoms with Crippen LogP contribution in [0.4, 0.5) is 5.13 Å². The number of rotatable bonds is 6. The minimum Gasteiger partial charge on any atom is -0.379 e. The standard InChI is InChI=1S/C12H20N4OS/c1(5-16-6-8-17-9-7-16)4-13-12-15-14-11(18-12)10-2-3-10/h10H,1-9H2,(H,13,15). The van der Waals surface area contributed by atoms with E-state index in [2.05, 4.69) is 20.4 Å². The van der Waals surface area contributed by atoms with Crippen LogP contribution >= 0.6 is 11.3 Å². The molecule has 1 aliphatic carbocycles. The molecule has 0 atom stereocenters. The molecule has 0 spiro atoms. The summed E-state index contributed by atoms with van der Waals surface area (Å²) in [6.45, 7) is 6.04. The van der Waals surface area contributed by atoms with Gasteiger partial charge in [0.25, 0.3) is 0 Å². The van der Waals surface area contributed by atoms with Gasteiger partial charge in [-0.2, -0.15) is 0 Å². The fourth-order valence-corrected chi connectivity index (χ4v) is 3.06. The number of morpholine rings is 1. The molecule has 0 unspecified atom stereocenters. The molecular weight excluding hydrogens is 248 g/mol. The number of nitrogens with one attached hydrogen (secondary N) is 1. The van der Waals surface area contributed by atoms with Crippen LogP contribution in [0.3, 0.4) is 0 Å². The summed E-state index contributed by atoms with van der Waals surface area (Å²) in [7, 11) is 0. The van der Waals surface area contributed by atoms with Crippen molar-refractivity contribution in [3.63, 3.8) is 0 Å². The van der Waals surface area contributed by atoms with Gasteiger partial charge in [0.1, 0.15) is 5.01 Å². The molecule has 100 valence electrons.